The molecule has 0 saturated carbocycles. The van der Waals surface area contributed by atoms with Gasteiger partial charge in [-0.1, -0.05) is 35.9 Å². The van der Waals surface area contributed by atoms with Crippen molar-refractivity contribution in [1.82, 2.24) is 0 Å². The molecule has 204 valence electrons. The molecule has 0 aromatic heterocycles. The van der Waals surface area contributed by atoms with Crippen LogP contribution in [0.3, 0.4) is 0 Å². The molecule has 1 N–H and O–H groups in total. The standard InChI is InChI=1S/C31H33ClN2O5/c1-7-33(8-2)21-13-11-20(12-14-21)28-27(29(35)22-16-23(32)26(39-6)17-25(22)38-5)30(36)31(37)34(28)24-15-18(3)9-10-19(24)4/h9-17,28,35H,7-8H2,1-6H3/b29-27+. The van der Waals surface area contributed by atoms with E-state index in [0.717, 1.165) is 29.9 Å². The van der Waals surface area contributed by atoms with Crippen molar-refractivity contribution in [3.63, 3.8) is 0 Å². The molecule has 1 saturated heterocycles. The number of halogens is 1. The first-order valence-electron chi connectivity index (χ1n) is 12.8. The van der Waals surface area contributed by atoms with Crippen LogP contribution in [0.5, 0.6) is 11.5 Å². The number of aliphatic hydroxyl groups is 1. The minimum atomic E-state index is -0.873. The number of aryl methyl sites for hydroxylation is 2. The zero-order valence-corrected chi connectivity index (χ0v) is 23.8. The lowest BCUT2D eigenvalue weighted by molar-refractivity contribution is -0.132. The number of amides is 1. The van der Waals surface area contributed by atoms with Crippen LogP contribution in [0.1, 0.15) is 42.1 Å². The van der Waals surface area contributed by atoms with Crippen LogP contribution in [0, 0.1) is 13.8 Å². The fourth-order valence-electron chi connectivity index (χ4n) is 5.02. The smallest absolute Gasteiger partial charge is 0.300 e. The van der Waals surface area contributed by atoms with Gasteiger partial charge in [-0.3, -0.25) is 14.5 Å². The van der Waals surface area contributed by atoms with Crippen LogP contribution in [0.2, 0.25) is 5.02 Å². The molecule has 1 amide bonds. The number of ketones is 1. The predicted octanol–water partition coefficient (Wildman–Crippen LogP) is 6.45. The van der Waals surface area contributed by atoms with Gasteiger partial charge in [-0.2, -0.15) is 0 Å². The number of Topliss-reactive ketones (excluding diaryl/α,β-unsaturated/α-hetero) is 1. The van der Waals surface area contributed by atoms with Crippen LogP contribution >= 0.6 is 11.6 Å². The third-order valence-electron chi connectivity index (χ3n) is 7.14. The van der Waals surface area contributed by atoms with Gasteiger partial charge in [0.1, 0.15) is 17.3 Å². The maximum absolute atomic E-state index is 13.6. The molecular weight excluding hydrogens is 516 g/mol. The second kappa shape index (κ2) is 11.4. The van der Waals surface area contributed by atoms with Crippen LogP contribution in [0.15, 0.2) is 60.2 Å². The van der Waals surface area contributed by atoms with Crippen molar-refractivity contribution >= 4 is 40.4 Å². The first-order valence-corrected chi connectivity index (χ1v) is 13.2. The molecule has 0 radical (unpaired) electrons. The van der Waals surface area contributed by atoms with Crippen LogP contribution < -0.4 is 19.3 Å². The Kier molecular flexibility index (Phi) is 8.21. The van der Waals surface area contributed by atoms with Crippen molar-refractivity contribution in [3.8, 4) is 11.5 Å². The van der Waals surface area contributed by atoms with E-state index in [4.69, 9.17) is 21.1 Å². The first-order chi connectivity index (χ1) is 18.7. The number of methoxy groups -OCH3 is 2. The van der Waals surface area contributed by atoms with Crippen molar-refractivity contribution in [2.45, 2.75) is 33.7 Å². The van der Waals surface area contributed by atoms with E-state index in [2.05, 4.69) is 18.7 Å². The molecule has 3 aromatic rings. The molecule has 39 heavy (non-hydrogen) atoms. The molecular formula is C31H33ClN2O5. The number of rotatable bonds is 8. The molecule has 1 fully saturated rings. The van der Waals surface area contributed by atoms with Gasteiger partial charge in [0, 0.05) is 30.5 Å². The summed E-state index contributed by atoms with van der Waals surface area (Å²) >= 11 is 6.38. The molecule has 1 heterocycles. The lowest BCUT2D eigenvalue weighted by atomic mass is 9.94. The number of hydrogen-bond acceptors (Lipinski definition) is 6. The lowest BCUT2D eigenvalue weighted by Gasteiger charge is -2.28. The van der Waals surface area contributed by atoms with Gasteiger partial charge in [0.25, 0.3) is 11.7 Å². The molecule has 1 aliphatic rings. The van der Waals surface area contributed by atoms with E-state index in [1.54, 1.807) is 0 Å². The number of carbonyl (C=O) groups excluding carboxylic acids is 2. The Balaban J connectivity index is 1.98. The summed E-state index contributed by atoms with van der Waals surface area (Å²) in [6, 6.07) is 15.6. The first kappa shape index (κ1) is 28.0. The molecule has 1 atom stereocenters. The quantitative estimate of drug-likeness (QED) is 0.198. The summed E-state index contributed by atoms with van der Waals surface area (Å²) in [6.07, 6.45) is 0. The second-order valence-corrected chi connectivity index (χ2v) is 9.82. The lowest BCUT2D eigenvalue weighted by Crippen LogP contribution is -2.30. The van der Waals surface area contributed by atoms with Gasteiger partial charge in [-0.15, -0.1) is 0 Å². The van der Waals surface area contributed by atoms with Crippen molar-refractivity contribution < 1.29 is 24.2 Å². The van der Waals surface area contributed by atoms with Crippen LogP contribution in [-0.4, -0.2) is 44.1 Å². The number of hydrogen-bond donors (Lipinski definition) is 1. The summed E-state index contributed by atoms with van der Waals surface area (Å²) in [4.78, 5) is 31.0. The van der Waals surface area contributed by atoms with Gasteiger partial charge in [0.05, 0.1) is 36.4 Å². The summed E-state index contributed by atoms with van der Waals surface area (Å²) in [5.41, 5.74) is 4.23. The average molecular weight is 549 g/mol. The van der Waals surface area contributed by atoms with Crippen molar-refractivity contribution in [2.75, 3.05) is 37.1 Å². The van der Waals surface area contributed by atoms with Gasteiger partial charge >= 0.3 is 0 Å². The van der Waals surface area contributed by atoms with Gasteiger partial charge in [-0.05, 0) is 68.7 Å². The third-order valence-corrected chi connectivity index (χ3v) is 7.43. The SMILES string of the molecule is CCN(CC)c1ccc(C2/C(=C(\O)c3cc(Cl)c(OC)cc3OC)C(=O)C(=O)N2c2cc(C)ccc2C)cc1. The molecule has 1 unspecified atom stereocenters. The molecule has 7 nitrogen and oxygen atoms in total. The van der Waals surface area contributed by atoms with E-state index in [1.807, 2.05) is 56.3 Å². The van der Waals surface area contributed by atoms with Crippen molar-refractivity contribution in [1.29, 1.82) is 0 Å². The summed E-state index contributed by atoms with van der Waals surface area (Å²) in [5.74, 6) is -1.28. The minimum Gasteiger partial charge on any atom is -0.507 e. The minimum absolute atomic E-state index is 0.0453. The number of benzene rings is 3. The second-order valence-electron chi connectivity index (χ2n) is 9.41. The topological polar surface area (TPSA) is 79.3 Å². The zero-order valence-electron chi connectivity index (χ0n) is 23.0. The van der Waals surface area contributed by atoms with Crippen molar-refractivity contribution in [3.05, 3.63) is 87.4 Å². The Morgan fingerprint density at radius 1 is 0.949 bits per heavy atom. The highest BCUT2D eigenvalue weighted by Gasteiger charge is 2.47. The third kappa shape index (κ3) is 5.06. The summed E-state index contributed by atoms with van der Waals surface area (Å²) in [7, 11) is 2.91. The number of nitrogens with zero attached hydrogens (tertiary/aromatic N) is 2. The monoisotopic (exact) mass is 548 g/mol. The van der Waals surface area contributed by atoms with E-state index in [9.17, 15) is 14.7 Å². The van der Waals surface area contributed by atoms with E-state index < -0.39 is 17.7 Å². The van der Waals surface area contributed by atoms with Gasteiger partial charge in [-0.25, -0.2) is 0 Å². The Morgan fingerprint density at radius 2 is 1.59 bits per heavy atom. The van der Waals surface area contributed by atoms with E-state index >= 15 is 0 Å². The number of aliphatic hydroxyl groups excluding tert-OH is 1. The molecule has 1 aliphatic heterocycles. The highest BCUT2D eigenvalue weighted by atomic mass is 35.5. The van der Waals surface area contributed by atoms with Gasteiger partial charge in [0.2, 0.25) is 0 Å². The van der Waals surface area contributed by atoms with E-state index in [0.29, 0.717) is 17.0 Å². The Hall–Kier alpha value is -3.97. The summed E-state index contributed by atoms with van der Waals surface area (Å²) in [6.45, 7) is 9.67. The normalized spacial score (nSPS) is 16.5. The molecule has 0 spiro atoms. The molecule has 0 bridgehead atoms. The average Bonchev–Trinajstić information content (AvgIpc) is 3.20. The van der Waals surface area contributed by atoms with Crippen LogP contribution in [0.25, 0.3) is 5.76 Å². The highest BCUT2D eigenvalue weighted by Crippen LogP contribution is 2.45. The van der Waals surface area contributed by atoms with Gasteiger partial charge < -0.3 is 19.5 Å². The Bertz CT molecular complexity index is 1440. The molecule has 4 rings (SSSR count). The molecule has 8 heteroatoms. The largest absolute Gasteiger partial charge is 0.507 e. The maximum Gasteiger partial charge on any atom is 0.300 e. The summed E-state index contributed by atoms with van der Waals surface area (Å²) in [5, 5.41) is 11.9. The summed E-state index contributed by atoms with van der Waals surface area (Å²) < 4.78 is 10.8. The highest BCUT2D eigenvalue weighted by molar-refractivity contribution is 6.52. The Labute approximate surface area is 234 Å². The number of ether oxygens (including phenoxy) is 2. The van der Waals surface area contributed by atoms with E-state index in [1.165, 1.54) is 31.3 Å². The fourth-order valence-corrected chi connectivity index (χ4v) is 5.26. The van der Waals surface area contributed by atoms with Crippen molar-refractivity contribution in [2.24, 2.45) is 0 Å². The van der Waals surface area contributed by atoms with E-state index in [-0.39, 0.29) is 27.7 Å². The van der Waals surface area contributed by atoms with Crippen LogP contribution in [-0.2, 0) is 9.59 Å². The fraction of sp³-hybridized carbons (Fsp3) is 0.290. The molecule has 0 aliphatic carbocycles. The molecule has 3 aromatic carbocycles. The Morgan fingerprint density at radius 3 is 2.18 bits per heavy atom. The van der Waals surface area contributed by atoms with Gasteiger partial charge in [0.15, 0.2) is 0 Å². The predicted molar refractivity (Wildman–Crippen MR) is 155 cm³/mol. The maximum atomic E-state index is 13.6. The van der Waals surface area contributed by atoms with Crippen LogP contribution in [0.4, 0.5) is 11.4 Å². The zero-order chi connectivity index (χ0) is 28.4. The number of anilines is 2. The number of carbonyl (C=O) groups is 2.